The van der Waals surface area contributed by atoms with Gasteiger partial charge in [0.05, 0.1) is 12.1 Å². The van der Waals surface area contributed by atoms with E-state index in [-0.39, 0.29) is 12.5 Å². The molecule has 0 radical (unpaired) electrons. The number of rotatable bonds is 3. The Morgan fingerprint density at radius 2 is 2.21 bits per heavy atom. The molecule has 19 heavy (non-hydrogen) atoms. The third-order valence-corrected chi connectivity index (χ3v) is 2.82. The second kappa shape index (κ2) is 4.75. The van der Waals surface area contributed by atoms with Crippen LogP contribution in [0.2, 0.25) is 0 Å². The van der Waals surface area contributed by atoms with E-state index in [1.165, 1.54) is 0 Å². The molecule has 3 N–H and O–H groups in total. The molecule has 2 aromatic heterocycles. The van der Waals surface area contributed by atoms with Gasteiger partial charge < -0.3 is 15.4 Å². The van der Waals surface area contributed by atoms with E-state index in [2.05, 4.69) is 15.1 Å². The van der Waals surface area contributed by atoms with Crippen LogP contribution in [0, 0.1) is 0 Å². The predicted molar refractivity (Wildman–Crippen MR) is 69.0 cm³/mol. The Bertz CT molecular complexity index is 710. The highest BCUT2D eigenvalue weighted by Gasteiger charge is 2.14. The number of benzene rings is 1. The highest BCUT2D eigenvalue weighted by atomic mass is 16.5. The minimum Gasteiger partial charge on any atom is -0.394 e. The summed E-state index contributed by atoms with van der Waals surface area (Å²) < 4.78 is 5.02. The van der Waals surface area contributed by atoms with Crippen molar-refractivity contribution in [1.82, 2.24) is 15.1 Å². The fourth-order valence-corrected chi connectivity index (χ4v) is 1.80. The Labute approximate surface area is 108 Å². The first-order valence-corrected chi connectivity index (χ1v) is 5.83. The molecule has 0 saturated heterocycles. The van der Waals surface area contributed by atoms with E-state index in [0.29, 0.717) is 5.82 Å². The lowest BCUT2D eigenvalue weighted by atomic mass is 10.1. The number of nitrogens with zero attached hydrogens (tertiary/aromatic N) is 3. The third kappa shape index (κ3) is 2.18. The zero-order valence-corrected chi connectivity index (χ0v) is 10.0. The Balaban J connectivity index is 2.01. The molecule has 0 aliphatic carbocycles. The maximum Gasteiger partial charge on any atom is 0.246 e. The lowest BCUT2D eigenvalue weighted by molar-refractivity contribution is 0.237. The van der Waals surface area contributed by atoms with Gasteiger partial charge in [-0.2, -0.15) is 4.98 Å². The van der Waals surface area contributed by atoms with Gasteiger partial charge in [0.15, 0.2) is 0 Å². The monoisotopic (exact) mass is 256 g/mol. The van der Waals surface area contributed by atoms with E-state index >= 15 is 0 Å². The summed E-state index contributed by atoms with van der Waals surface area (Å²) in [7, 11) is 0. The third-order valence-electron chi connectivity index (χ3n) is 2.82. The van der Waals surface area contributed by atoms with Crippen LogP contribution >= 0.6 is 0 Å². The predicted octanol–water partition coefficient (Wildman–Crippen LogP) is 1.28. The number of fused-ring (bicyclic) bond motifs is 1. The summed E-state index contributed by atoms with van der Waals surface area (Å²) in [6.07, 6.45) is 1.74. The van der Waals surface area contributed by atoms with Gasteiger partial charge in [-0.1, -0.05) is 11.2 Å². The molecule has 0 saturated carbocycles. The zero-order valence-electron chi connectivity index (χ0n) is 10.0. The number of hydrogen-bond donors (Lipinski definition) is 2. The largest absolute Gasteiger partial charge is 0.394 e. The molecule has 0 fully saturated rings. The normalized spacial score (nSPS) is 12.7. The molecule has 0 unspecified atom stereocenters. The Morgan fingerprint density at radius 1 is 1.32 bits per heavy atom. The van der Waals surface area contributed by atoms with Gasteiger partial charge in [-0.25, -0.2) is 0 Å². The van der Waals surface area contributed by atoms with Crippen LogP contribution in [0.4, 0.5) is 0 Å². The summed E-state index contributed by atoms with van der Waals surface area (Å²) in [6.45, 7) is -0.233. The minimum atomic E-state index is -0.650. The first kappa shape index (κ1) is 11.8. The van der Waals surface area contributed by atoms with Crippen LogP contribution in [-0.4, -0.2) is 26.8 Å². The summed E-state index contributed by atoms with van der Waals surface area (Å²) in [6, 6.07) is 8.88. The van der Waals surface area contributed by atoms with Gasteiger partial charge in [-0.05, 0) is 24.3 Å². The first-order chi connectivity index (χ1) is 9.28. The molecule has 96 valence electrons. The average Bonchev–Trinajstić information content (AvgIpc) is 2.95. The van der Waals surface area contributed by atoms with Gasteiger partial charge in [0.1, 0.15) is 6.04 Å². The Hall–Kier alpha value is -2.31. The number of aromatic nitrogens is 3. The SMILES string of the molecule is N[C@@H](CO)c1nc(-c2ccc3ncccc3c2)no1. The van der Waals surface area contributed by atoms with Crippen LogP contribution in [0.15, 0.2) is 41.1 Å². The molecule has 1 atom stereocenters. The van der Waals surface area contributed by atoms with E-state index < -0.39 is 6.04 Å². The van der Waals surface area contributed by atoms with Gasteiger partial charge in [0.2, 0.25) is 11.7 Å². The van der Waals surface area contributed by atoms with E-state index in [1.54, 1.807) is 6.20 Å². The van der Waals surface area contributed by atoms with Crippen molar-refractivity contribution in [1.29, 1.82) is 0 Å². The van der Waals surface area contributed by atoms with Crippen molar-refractivity contribution in [2.45, 2.75) is 6.04 Å². The quantitative estimate of drug-likeness (QED) is 0.732. The van der Waals surface area contributed by atoms with Gasteiger partial charge >= 0.3 is 0 Å². The molecule has 0 aliphatic heterocycles. The summed E-state index contributed by atoms with van der Waals surface area (Å²) in [5, 5.41) is 13.8. The van der Waals surface area contributed by atoms with E-state index in [1.807, 2.05) is 30.3 Å². The van der Waals surface area contributed by atoms with E-state index in [0.717, 1.165) is 16.5 Å². The maximum atomic E-state index is 8.95. The second-order valence-electron chi connectivity index (χ2n) is 4.16. The fraction of sp³-hybridized carbons (Fsp3) is 0.154. The minimum absolute atomic E-state index is 0.226. The van der Waals surface area contributed by atoms with Crippen molar-refractivity contribution in [3.8, 4) is 11.4 Å². The Kier molecular flexibility index (Phi) is 2.94. The lowest BCUT2D eigenvalue weighted by Crippen LogP contribution is -2.14. The van der Waals surface area contributed by atoms with E-state index in [9.17, 15) is 0 Å². The number of hydrogen-bond acceptors (Lipinski definition) is 6. The molecule has 0 aliphatic rings. The van der Waals surface area contributed by atoms with Gasteiger partial charge in [0, 0.05) is 17.1 Å². The number of nitrogens with two attached hydrogens (primary N) is 1. The molecule has 6 heteroatoms. The summed E-state index contributed by atoms with van der Waals surface area (Å²) >= 11 is 0. The van der Waals surface area contributed by atoms with Crippen molar-refractivity contribution in [3.63, 3.8) is 0 Å². The molecule has 0 bridgehead atoms. The molecule has 3 rings (SSSR count). The first-order valence-electron chi connectivity index (χ1n) is 5.83. The second-order valence-corrected chi connectivity index (χ2v) is 4.16. The van der Waals surface area contributed by atoms with Crippen LogP contribution in [0.5, 0.6) is 0 Å². The van der Waals surface area contributed by atoms with Crippen LogP contribution in [0.1, 0.15) is 11.9 Å². The van der Waals surface area contributed by atoms with Gasteiger partial charge in [-0.15, -0.1) is 0 Å². The molecule has 6 nitrogen and oxygen atoms in total. The van der Waals surface area contributed by atoms with Crippen molar-refractivity contribution < 1.29 is 9.63 Å². The van der Waals surface area contributed by atoms with Gasteiger partial charge in [0.25, 0.3) is 0 Å². The maximum absolute atomic E-state index is 8.95. The molecule has 3 aromatic rings. The van der Waals surface area contributed by atoms with Crippen molar-refractivity contribution >= 4 is 10.9 Å². The van der Waals surface area contributed by atoms with E-state index in [4.69, 9.17) is 15.4 Å². The topological polar surface area (TPSA) is 98.1 Å². The van der Waals surface area contributed by atoms with Gasteiger partial charge in [-0.3, -0.25) is 4.98 Å². The van der Waals surface area contributed by atoms with Crippen LogP contribution in [-0.2, 0) is 0 Å². The molecule has 2 heterocycles. The van der Waals surface area contributed by atoms with Crippen LogP contribution in [0.25, 0.3) is 22.3 Å². The molecule has 0 spiro atoms. The van der Waals surface area contributed by atoms with Crippen LogP contribution in [0.3, 0.4) is 0 Å². The number of pyridine rings is 1. The van der Waals surface area contributed by atoms with Crippen LogP contribution < -0.4 is 5.73 Å². The summed E-state index contributed by atoms with van der Waals surface area (Å²) in [4.78, 5) is 8.42. The molecule has 1 aromatic carbocycles. The average molecular weight is 256 g/mol. The molecular formula is C13H12N4O2. The smallest absolute Gasteiger partial charge is 0.246 e. The highest BCUT2D eigenvalue weighted by Crippen LogP contribution is 2.22. The van der Waals surface area contributed by atoms with Crippen molar-refractivity contribution in [2.24, 2.45) is 5.73 Å². The summed E-state index contributed by atoms with van der Waals surface area (Å²) in [5.41, 5.74) is 7.34. The molecule has 0 amide bonds. The summed E-state index contributed by atoms with van der Waals surface area (Å²) in [5.74, 6) is 0.674. The lowest BCUT2D eigenvalue weighted by Gasteiger charge is -1.99. The highest BCUT2D eigenvalue weighted by molar-refractivity contribution is 5.82. The number of aliphatic hydroxyl groups is 1. The number of aliphatic hydroxyl groups excluding tert-OH is 1. The zero-order chi connectivity index (χ0) is 13.2. The molecular weight excluding hydrogens is 244 g/mol. The Morgan fingerprint density at radius 3 is 3.05 bits per heavy atom. The van der Waals surface area contributed by atoms with Crippen molar-refractivity contribution in [2.75, 3.05) is 6.61 Å². The van der Waals surface area contributed by atoms with Crippen molar-refractivity contribution in [3.05, 3.63) is 42.4 Å². The standard InChI is InChI=1S/C13H12N4O2/c14-10(7-18)13-16-12(17-19-13)9-3-4-11-8(6-9)2-1-5-15-11/h1-6,10,18H,7,14H2/t10-/m0/s1. The fourth-order valence-electron chi connectivity index (χ4n) is 1.80.